The number of nitrogens with zero attached hydrogens (tertiary/aromatic N) is 1. The zero-order chi connectivity index (χ0) is 15.0. The zero-order valence-corrected chi connectivity index (χ0v) is 11.9. The average Bonchev–Trinajstić information content (AvgIpc) is 2.85. The van der Waals surface area contributed by atoms with E-state index < -0.39 is 11.8 Å². The number of H-pyrrole nitrogens is 1. The number of aryl methyl sites for hydroxylation is 2. The highest BCUT2D eigenvalue weighted by molar-refractivity contribution is 6.39. The molecule has 20 heavy (non-hydrogen) atoms. The third-order valence-electron chi connectivity index (χ3n) is 3.62. The van der Waals surface area contributed by atoms with Gasteiger partial charge < -0.3 is 10.1 Å². The summed E-state index contributed by atoms with van der Waals surface area (Å²) < 4.78 is 0. The van der Waals surface area contributed by atoms with Crippen LogP contribution >= 0.6 is 0 Å². The molecule has 0 saturated heterocycles. The Morgan fingerprint density at radius 3 is 2.15 bits per heavy atom. The number of carboxylic acids is 1. The Morgan fingerprint density at radius 2 is 1.65 bits per heavy atom. The molecule has 0 atom stereocenters. The normalized spacial score (nSPS) is 10.6. The van der Waals surface area contributed by atoms with E-state index in [4.69, 9.17) is 5.11 Å². The third-order valence-corrected chi connectivity index (χ3v) is 3.62. The smallest absolute Gasteiger partial charge is 0.378 e. The lowest BCUT2D eigenvalue weighted by Gasteiger charge is -2.13. The Labute approximate surface area is 116 Å². The number of Topliss-reactive ketones (excluding diaryl/α,β-unsaturated/α-hetero) is 1. The summed E-state index contributed by atoms with van der Waals surface area (Å²) in [5.74, 6) is -1.95. The molecule has 0 amide bonds. The molecule has 1 aromatic carbocycles. The van der Waals surface area contributed by atoms with Gasteiger partial charge in [0.2, 0.25) is 0 Å². The number of rotatable bonds is 3. The van der Waals surface area contributed by atoms with Crippen LogP contribution in [0, 0.1) is 27.7 Å². The topological polar surface area (TPSA) is 83.1 Å². The number of hydrogen-bond acceptors (Lipinski definition) is 3. The molecule has 2 rings (SSSR count). The van der Waals surface area contributed by atoms with Gasteiger partial charge in [0, 0.05) is 5.56 Å². The summed E-state index contributed by atoms with van der Waals surface area (Å²) in [6, 6.07) is 2.10. The Kier molecular flexibility index (Phi) is 3.44. The van der Waals surface area contributed by atoms with Crippen LogP contribution in [0.5, 0.6) is 0 Å². The van der Waals surface area contributed by atoms with Crippen LogP contribution in [-0.2, 0) is 4.79 Å². The first-order chi connectivity index (χ1) is 9.32. The van der Waals surface area contributed by atoms with E-state index in [1.54, 1.807) is 0 Å². The third kappa shape index (κ3) is 2.22. The molecular formula is C15H16N2O3. The van der Waals surface area contributed by atoms with E-state index in [9.17, 15) is 9.59 Å². The van der Waals surface area contributed by atoms with Gasteiger partial charge in [0.15, 0.2) is 0 Å². The second-order valence-electron chi connectivity index (χ2n) is 4.92. The van der Waals surface area contributed by atoms with Gasteiger partial charge in [-0.25, -0.2) is 9.78 Å². The molecule has 0 radical (unpaired) electrons. The van der Waals surface area contributed by atoms with Crippen molar-refractivity contribution in [3.8, 4) is 11.4 Å². The molecule has 0 aliphatic carbocycles. The first kappa shape index (κ1) is 14.0. The summed E-state index contributed by atoms with van der Waals surface area (Å²) >= 11 is 0. The van der Waals surface area contributed by atoms with Crippen LogP contribution in [0.15, 0.2) is 12.3 Å². The van der Waals surface area contributed by atoms with Crippen molar-refractivity contribution < 1.29 is 14.7 Å². The maximum absolute atomic E-state index is 11.4. The number of aromatic amines is 1. The van der Waals surface area contributed by atoms with E-state index in [0.29, 0.717) is 5.82 Å². The molecule has 5 heteroatoms. The SMILES string of the molecule is Cc1cc(C)c(C)c(-c2ncc(C(=O)C(=O)O)[nH]2)c1C. The molecular weight excluding hydrogens is 256 g/mol. The van der Waals surface area contributed by atoms with Crippen molar-refractivity contribution in [2.75, 3.05) is 0 Å². The van der Waals surface area contributed by atoms with Crippen LogP contribution in [0.3, 0.4) is 0 Å². The van der Waals surface area contributed by atoms with Crippen molar-refractivity contribution in [3.05, 3.63) is 40.2 Å². The monoisotopic (exact) mass is 272 g/mol. The lowest BCUT2D eigenvalue weighted by atomic mass is 9.94. The number of benzene rings is 1. The molecule has 0 spiro atoms. The van der Waals surface area contributed by atoms with Gasteiger partial charge in [-0.15, -0.1) is 0 Å². The number of aromatic nitrogens is 2. The molecule has 1 aromatic heterocycles. The predicted molar refractivity (Wildman–Crippen MR) is 74.9 cm³/mol. The van der Waals surface area contributed by atoms with Crippen molar-refractivity contribution in [2.24, 2.45) is 0 Å². The van der Waals surface area contributed by atoms with Crippen LogP contribution in [-0.4, -0.2) is 26.8 Å². The van der Waals surface area contributed by atoms with E-state index in [1.165, 1.54) is 6.20 Å². The van der Waals surface area contributed by atoms with Gasteiger partial charge in [0.1, 0.15) is 11.5 Å². The van der Waals surface area contributed by atoms with Crippen molar-refractivity contribution in [1.82, 2.24) is 9.97 Å². The van der Waals surface area contributed by atoms with Gasteiger partial charge >= 0.3 is 5.97 Å². The minimum atomic E-state index is -1.49. The number of ketones is 1. The summed E-state index contributed by atoms with van der Waals surface area (Å²) in [7, 11) is 0. The van der Waals surface area contributed by atoms with Crippen molar-refractivity contribution in [1.29, 1.82) is 0 Å². The molecule has 5 nitrogen and oxygen atoms in total. The number of imidazole rings is 1. The number of aliphatic carboxylic acids is 1. The number of carboxylic acid groups (broad SMARTS) is 1. The lowest BCUT2D eigenvalue weighted by molar-refractivity contribution is -0.131. The van der Waals surface area contributed by atoms with E-state index in [0.717, 1.165) is 27.8 Å². The number of carbonyl (C=O) groups is 2. The predicted octanol–water partition coefficient (Wildman–Crippen LogP) is 2.58. The maximum Gasteiger partial charge on any atom is 0.378 e. The standard InChI is InChI=1S/C15H16N2O3/c1-7-5-8(2)10(4)12(9(7)3)14-16-6-11(17-14)13(18)15(19)20/h5-6H,1-4H3,(H,16,17)(H,19,20). The van der Waals surface area contributed by atoms with Gasteiger partial charge in [-0.05, 0) is 49.9 Å². The summed E-state index contributed by atoms with van der Waals surface area (Å²) in [5.41, 5.74) is 5.31. The summed E-state index contributed by atoms with van der Waals surface area (Å²) in [6.45, 7) is 7.99. The molecule has 0 bridgehead atoms. The summed E-state index contributed by atoms with van der Waals surface area (Å²) in [5, 5.41) is 8.72. The summed E-state index contributed by atoms with van der Waals surface area (Å²) in [6.07, 6.45) is 1.27. The molecule has 2 aromatic rings. The average molecular weight is 272 g/mol. The summed E-state index contributed by atoms with van der Waals surface area (Å²) in [4.78, 5) is 29.1. The highest BCUT2D eigenvalue weighted by atomic mass is 16.4. The molecule has 2 N–H and O–H groups in total. The molecule has 0 aliphatic heterocycles. The van der Waals surface area contributed by atoms with Crippen LogP contribution in [0.1, 0.15) is 32.7 Å². The second-order valence-corrected chi connectivity index (χ2v) is 4.92. The second kappa shape index (κ2) is 4.92. The minimum Gasteiger partial charge on any atom is -0.475 e. The fraction of sp³-hybridized carbons (Fsp3) is 0.267. The van der Waals surface area contributed by atoms with Gasteiger partial charge in [-0.2, -0.15) is 0 Å². The van der Waals surface area contributed by atoms with Crippen LogP contribution < -0.4 is 0 Å². The molecule has 0 fully saturated rings. The largest absolute Gasteiger partial charge is 0.475 e. The van der Waals surface area contributed by atoms with Crippen LogP contribution in [0.4, 0.5) is 0 Å². The van der Waals surface area contributed by atoms with Gasteiger partial charge in [-0.1, -0.05) is 6.07 Å². The molecule has 104 valence electrons. The molecule has 0 unspecified atom stereocenters. The van der Waals surface area contributed by atoms with E-state index >= 15 is 0 Å². The first-order valence-corrected chi connectivity index (χ1v) is 6.23. The van der Waals surface area contributed by atoms with Crippen LogP contribution in [0.2, 0.25) is 0 Å². The van der Waals surface area contributed by atoms with Crippen molar-refractivity contribution in [2.45, 2.75) is 27.7 Å². The molecule has 1 heterocycles. The Bertz CT molecular complexity index is 688. The van der Waals surface area contributed by atoms with Crippen molar-refractivity contribution >= 4 is 11.8 Å². The highest BCUT2D eigenvalue weighted by Crippen LogP contribution is 2.29. The van der Waals surface area contributed by atoms with Gasteiger partial charge in [0.25, 0.3) is 5.78 Å². The first-order valence-electron chi connectivity index (χ1n) is 6.23. The Hall–Kier alpha value is -2.43. The Morgan fingerprint density at radius 1 is 1.10 bits per heavy atom. The van der Waals surface area contributed by atoms with E-state index in [2.05, 4.69) is 16.0 Å². The maximum atomic E-state index is 11.4. The highest BCUT2D eigenvalue weighted by Gasteiger charge is 2.19. The minimum absolute atomic E-state index is 0.00883. The lowest BCUT2D eigenvalue weighted by Crippen LogP contribution is -2.12. The number of nitrogens with one attached hydrogen (secondary N) is 1. The van der Waals surface area contributed by atoms with E-state index in [1.807, 2.05) is 27.7 Å². The fourth-order valence-electron chi connectivity index (χ4n) is 2.25. The molecule has 0 saturated carbocycles. The number of carbonyl (C=O) groups excluding carboxylic acids is 1. The quantitative estimate of drug-likeness (QED) is 0.664. The van der Waals surface area contributed by atoms with Crippen molar-refractivity contribution in [3.63, 3.8) is 0 Å². The zero-order valence-electron chi connectivity index (χ0n) is 11.9. The Balaban J connectivity index is 2.59. The fourth-order valence-corrected chi connectivity index (χ4v) is 2.25. The van der Waals surface area contributed by atoms with Gasteiger partial charge in [0.05, 0.1) is 6.20 Å². The van der Waals surface area contributed by atoms with Crippen LogP contribution in [0.25, 0.3) is 11.4 Å². The number of hydrogen-bond donors (Lipinski definition) is 2. The van der Waals surface area contributed by atoms with Gasteiger partial charge in [-0.3, -0.25) is 4.79 Å². The van der Waals surface area contributed by atoms with E-state index in [-0.39, 0.29) is 5.69 Å². The molecule has 0 aliphatic rings.